The van der Waals surface area contributed by atoms with Crippen LogP contribution in [0.4, 0.5) is 0 Å². The summed E-state index contributed by atoms with van der Waals surface area (Å²) in [5, 5.41) is 4.05. The number of allylic oxidation sites excluding steroid dienone is 1. The van der Waals surface area contributed by atoms with Crippen molar-refractivity contribution in [1.82, 2.24) is 10.1 Å². The second kappa shape index (κ2) is 6.56. The van der Waals surface area contributed by atoms with Crippen molar-refractivity contribution in [2.45, 2.75) is 13.5 Å². The van der Waals surface area contributed by atoms with E-state index in [-0.39, 0.29) is 11.7 Å². The van der Waals surface area contributed by atoms with Gasteiger partial charge in [-0.05, 0) is 6.92 Å². The van der Waals surface area contributed by atoms with Gasteiger partial charge in [0.1, 0.15) is 24.7 Å². The van der Waals surface area contributed by atoms with Crippen LogP contribution in [-0.4, -0.2) is 36.2 Å². The summed E-state index contributed by atoms with van der Waals surface area (Å²) in [5.41, 5.74) is 1.72. The number of likely N-dealkylation sites (N-methyl/N-ethyl adjacent to an activating group) is 1. The normalized spacial score (nSPS) is 14.2. The van der Waals surface area contributed by atoms with Crippen LogP contribution in [0.15, 0.2) is 52.4 Å². The molecule has 0 fully saturated rings. The molecule has 0 N–H and O–H groups in total. The van der Waals surface area contributed by atoms with E-state index in [1.165, 1.54) is 4.90 Å². The topological polar surface area (TPSA) is 64.8 Å². The predicted octanol–water partition coefficient (Wildman–Crippen LogP) is 2.58. The number of ether oxygens (including phenoxy) is 2. The average molecular weight is 314 g/mol. The van der Waals surface area contributed by atoms with Gasteiger partial charge in [0, 0.05) is 18.7 Å². The fourth-order valence-electron chi connectivity index (χ4n) is 2.33. The Balaban J connectivity index is 1.70. The van der Waals surface area contributed by atoms with Crippen molar-refractivity contribution < 1.29 is 18.8 Å². The highest BCUT2D eigenvalue weighted by Crippen LogP contribution is 2.20. The van der Waals surface area contributed by atoms with E-state index in [0.717, 1.165) is 11.3 Å². The predicted molar refractivity (Wildman–Crippen MR) is 83.0 cm³/mol. The van der Waals surface area contributed by atoms with Gasteiger partial charge in [0.05, 0.1) is 6.54 Å². The first-order valence-electron chi connectivity index (χ1n) is 7.38. The molecule has 1 aromatic heterocycles. The Labute approximate surface area is 134 Å². The number of nitrogens with zero attached hydrogens (tertiary/aromatic N) is 2. The Morgan fingerprint density at radius 2 is 1.96 bits per heavy atom. The Morgan fingerprint density at radius 1 is 1.22 bits per heavy atom. The van der Waals surface area contributed by atoms with Gasteiger partial charge < -0.3 is 18.9 Å². The highest BCUT2D eigenvalue weighted by atomic mass is 16.6. The van der Waals surface area contributed by atoms with E-state index >= 15 is 0 Å². The van der Waals surface area contributed by atoms with Crippen molar-refractivity contribution in [2.24, 2.45) is 0 Å². The summed E-state index contributed by atoms with van der Waals surface area (Å²) in [6.45, 7) is 2.88. The van der Waals surface area contributed by atoms with Gasteiger partial charge in [0.25, 0.3) is 5.91 Å². The van der Waals surface area contributed by atoms with Gasteiger partial charge in [-0.1, -0.05) is 35.5 Å². The van der Waals surface area contributed by atoms with E-state index in [2.05, 4.69) is 5.16 Å². The van der Waals surface area contributed by atoms with Gasteiger partial charge >= 0.3 is 0 Å². The molecule has 3 rings (SSSR count). The number of carbonyl (C=O) groups is 1. The van der Waals surface area contributed by atoms with E-state index in [1.54, 1.807) is 14.0 Å². The maximum Gasteiger partial charge on any atom is 0.292 e. The van der Waals surface area contributed by atoms with Crippen LogP contribution in [0, 0.1) is 0 Å². The number of hydrogen-bond donors (Lipinski definition) is 0. The lowest BCUT2D eigenvalue weighted by atomic mass is 10.1. The molecule has 2 aromatic rings. The van der Waals surface area contributed by atoms with Gasteiger partial charge in [-0.2, -0.15) is 0 Å². The molecule has 0 saturated heterocycles. The van der Waals surface area contributed by atoms with Crippen LogP contribution < -0.4 is 0 Å². The quantitative estimate of drug-likeness (QED) is 0.868. The summed E-state index contributed by atoms with van der Waals surface area (Å²) >= 11 is 0. The molecule has 0 atom stereocenters. The molecular weight excluding hydrogens is 296 g/mol. The first-order valence-corrected chi connectivity index (χ1v) is 7.38. The van der Waals surface area contributed by atoms with Crippen molar-refractivity contribution in [2.75, 3.05) is 20.3 Å². The maximum atomic E-state index is 12.4. The molecule has 6 heteroatoms. The number of rotatable bonds is 4. The van der Waals surface area contributed by atoms with Gasteiger partial charge in [-0.25, -0.2) is 0 Å². The molecule has 1 aromatic carbocycles. The Hall–Kier alpha value is -2.76. The summed E-state index contributed by atoms with van der Waals surface area (Å²) < 4.78 is 16.1. The Kier molecular flexibility index (Phi) is 4.32. The van der Waals surface area contributed by atoms with E-state index in [9.17, 15) is 4.79 Å². The molecule has 1 amide bonds. The lowest BCUT2D eigenvalue weighted by Gasteiger charge is -2.23. The Bertz CT molecular complexity index is 721. The largest absolute Gasteiger partial charge is 0.491 e. The standard InChI is InChI=1S/C17H18N2O4/c1-12-16(22-9-8-21-12)17(20)19(2)11-14-10-15(18-23-14)13-6-4-3-5-7-13/h3-7,10H,8-9,11H2,1-2H3. The molecular formula is C17H18N2O4. The smallest absolute Gasteiger partial charge is 0.292 e. The summed E-state index contributed by atoms with van der Waals surface area (Å²) in [7, 11) is 1.69. The van der Waals surface area contributed by atoms with Gasteiger partial charge in [0.15, 0.2) is 5.76 Å². The van der Waals surface area contributed by atoms with Crippen LogP contribution in [-0.2, 0) is 20.8 Å². The molecule has 23 heavy (non-hydrogen) atoms. The zero-order valence-electron chi connectivity index (χ0n) is 13.1. The van der Waals surface area contributed by atoms with Crippen molar-refractivity contribution in [3.63, 3.8) is 0 Å². The minimum absolute atomic E-state index is 0.236. The molecule has 0 bridgehead atoms. The fourth-order valence-corrected chi connectivity index (χ4v) is 2.33. The molecule has 0 spiro atoms. The highest BCUT2D eigenvalue weighted by molar-refractivity contribution is 5.91. The monoisotopic (exact) mass is 314 g/mol. The van der Waals surface area contributed by atoms with Crippen molar-refractivity contribution in [3.8, 4) is 11.3 Å². The number of benzene rings is 1. The molecule has 0 aliphatic carbocycles. The second-order valence-corrected chi connectivity index (χ2v) is 5.29. The van der Waals surface area contributed by atoms with Crippen LogP contribution in [0.5, 0.6) is 0 Å². The SMILES string of the molecule is CC1=C(C(=O)N(C)Cc2cc(-c3ccccc3)no2)OCCO1. The van der Waals surface area contributed by atoms with Crippen molar-refractivity contribution >= 4 is 5.91 Å². The molecule has 6 nitrogen and oxygen atoms in total. The lowest BCUT2D eigenvalue weighted by molar-refractivity contribution is -0.132. The molecule has 0 unspecified atom stereocenters. The summed E-state index contributed by atoms with van der Waals surface area (Å²) in [6, 6.07) is 11.6. The zero-order chi connectivity index (χ0) is 16.2. The summed E-state index contributed by atoms with van der Waals surface area (Å²) in [6.07, 6.45) is 0. The molecule has 0 saturated carbocycles. The van der Waals surface area contributed by atoms with Crippen LogP contribution in [0.1, 0.15) is 12.7 Å². The average Bonchev–Trinajstić information content (AvgIpc) is 3.04. The van der Waals surface area contributed by atoms with Crippen LogP contribution in [0.2, 0.25) is 0 Å². The third kappa shape index (κ3) is 3.36. The zero-order valence-corrected chi connectivity index (χ0v) is 13.1. The van der Waals surface area contributed by atoms with Crippen LogP contribution in [0.3, 0.4) is 0 Å². The third-order valence-corrected chi connectivity index (χ3v) is 3.53. The van der Waals surface area contributed by atoms with Crippen LogP contribution in [0.25, 0.3) is 11.3 Å². The molecule has 2 heterocycles. The number of carbonyl (C=O) groups excluding carboxylic acids is 1. The van der Waals surface area contributed by atoms with Gasteiger partial charge in [0.2, 0.25) is 5.76 Å². The fraction of sp³-hybridized carbons (Fsp3) is 0.294. The Morgan fingerprint density at radius 3 is 2.70 bits per heavy atom. The molecule has 1 aliphatic heterocycles. The van der Waals surface area contributed by atoms with E-state index < -0.39 is 0 Å². The van der Waals surface area contributed by atoms with Crippen molar-refractivity contribution in [3.05, 3.63) is 53.7 Å². The third-order valence-electron chi connectivity index (χ3n) is 3.53. The maximum absolute atomic E-state index is 12.4. The number of aromatic nitrogens is 1. The lowest BCUT2D eigenvalue weighted by Crippen LogP contribution is -2.31. The summed E-state index contributed by atoms with van der Waals surface area (Å²) in [5.74, 6) is 1.13. The van der Waals surface area contributed by atoms with Crippen LogP contribution >= 0.6 is 0 Å². The minimum atomic E-state index is -0.236. The first kappa shape index (κ1) is 15.1. The second-order valence-electron chi connectivity index (χ2n) is 5.29. The first-order chi connectivity index (χ1) is 11.1. The molecule has 1 aliphatic rings. The molecule has 0 radical (unpaired) electrons. The van der Waals surface area contributed by atoms with Gasteiger partial charge in [-0.15, -0.1) is 0 Å². The van der Waals surface area contributed by atoms with E-state index in [0.29, 0.717) is 31.3 Å². The van der Waals surface area contributed by atoms with E-state index in [4.69, 9.17) is 14.0 Å². The number of hydrogen-bond acceptors (Lipinski definition) is 5. The number of amides is 1. The minimum Gasteiger partial charge on any atom is -0.491 e. The summed E-state index contributed by atoms with van der Waals surface area (Å²) in [4.78, 5) is 13.9. The van der Waals surface area contributed by atoms with E-state index in [1.807, 2.05) is 36.4 Å². The molecule has 120 valence electrons. The highest BCUT2D eigenvalue weighted by Gasteiger charge is 2.24. The van der Waals surface area contributed by atoms with Crippen molar-refractivity contribution in [1.29, 1.82) is 0 Å². The van der Waals surface area contributed by atoms with Gasteiger partial charge in [-0.3, -0.25) is 4.79 Å².